The van der Waals surface area contributed by atoms with Crippen LogP contribution in [0.4, 0.5) is 8.78 Å². The molecule has 0 amide bonds. The van der Waals surface area contributed by atoms with E-state index in [2.05, 4.69) is 10.1 Å². The normalized spacial score (nSPS) is 13.0. The van der Waals surface area contributed by atoms with Crippen molar-refractivity contribution in [2.75, 3.05) is 12.2 Å². The van der Waals surface area contributed by atoms with Gasteiger partial charge in [-0.15, -0.1) is 0 Å². The van der Waals surface area contributed by atoms with Crippen LogP contribution in [0.3, 0.4) is 0 Å². The molecule has 0 aliphatic carbocycles. The van der Waals surface area contributed by atoms with E-state index in [0.717, 1.165) is 12.1 Å². The predicted octanol–water partition coefficient (Wildman–Crippen LogP) is 1.96. The minimum absolute atomic E-state index is 0.137. The summed E-state index contributed by atoms with van der Waals surface area (Å²) in [5.74, 6) is -2.14. The van der Waals surface area contributed by atoms with Gasteiger partial charge in [0, 0.05) is 18.0 Å². The van der Waals surface area contributed by atoms with E-state index in [0.29, 0.717) is 11.3 Å². The molecule has 1 heterocycles. The first-order valence-electron chi connectivity index (χ1n) is 6.53. The maximum Gasteiger partial charge on any atom is 0.191 e. The molecule has 1 atom stereocenters. The Kier molecular flexibility index (Phi) is 5.89. The lowest BCUT2D eigenvalue weighted by Crippen LogP contribution is -2.09. The van der Waals surface area contributed by atoms with Crippen molar-refractivity contribution in [3.63, 3.8) is 0 Å². The summed E-state index contributed by atoms with van der Waals surface area (Å²) < 4.78 is 37.6. The van der Waals surface area contributed by atoms with Gasteiger partial charge in [0.15, 0.2) is 17.6 Å². The first kappa shape index (κ1) is 17.2. The smallest absolute Gasteiger partial charge is 0.191 e. The molecule has 1 aromatic carbocycles. The van der Waals surface area contributed by atoms with Crippen LogP contribution in [0.1, 0.15) is 16.8 Å². The number of rotatable bonds is 6. The fourth-order valence-corrected chi connectivity index (χ4v) is 1.92. The van der Waals surface area contributed by atoms with Gasteiger partial charge in [0.05, 0.1) is 23.1 Å². The van der Waals surface area contributed by atoms with Crippen molar-refractivity contribution in [3.8, 4) is 0 Å². The van der Waals surface area contributed by atoms with Gasteiger partial charge in [-0.2, -0.15) is 0 Å². The standard InChI is InChI=1S/C15H14F2N2O3S/c1-23(21)9-22-19-15(11-3-4-12(16)13(17)6-11)14-5-2-10(8-20)7-18-14/h2-7,20H,8-9H2,1H3/b19-15+. The number of aliphatic hydroxyl groups excluding tert-OH is 1. The van der Waals surface area contributed by atoms with Crippen LogP contribution in [-0.2, 0) is 22.2 Å². The lowest BCUT2D eigenvalue weighted by molar-refractivity contribution is 0.194. The number of halogens is 2. The highest BCUT2D eigenvalue weighted by molar-refractivity contribution is 7.84. The van der Waals surface area contributed by atoms with Gasteiger partial charge >= 0.3 is 0 Å². The molecule has 1 aromatic heterocycles. The number of aromatic nitrogens is 1. The lowest BCUT2D eigenvalue weighted by atomic mass is 10.1. The highest BCUT2D eigenvalue weighted by Gasteiger charge is 2.13. The first-order valence-corrected chi connectivity index (χ1v) is 8.25. The van der Waals surface area contributed by atoms with Gasteiger partial charge in [0.1, 0.15) is 5.71 Å². The number of hydrogen-bond acceptors (Lipinski definition) is 5. The molecule has 122 valence electrons. The third kappa shape index (κ3) is 4.64. The van der Waals surface area contributed by atoms with Crippen LogP contribution < -0.4 is 0 Å². The second-order valence-corrected chi connectivity index (χ2v) is 5.98. The minimum atomic E-state index is -1.22. The van der Waals surface area contributed by atoms with Gasteiger partial charge in [-0.3, -0.25) is 9.19 Å². The minimum Gasteiger partial charge on any atom is -0.392 e. The van der Waals surface area contributed by atoms with E-state index >= 15 is 0 Å². The van der Waals surface area contributed by atoms with Gasteiger partial charge in [-0.1, -0.05) is 11.2 Å². The third-order valence-electron chi connectivity index (χ3n) is 2.82. The van der Waals surface area contributed by atoms with E-state index < -0.39 is 22.4 Å². The van der Waals surface area contributed by atoms with Crippen molar-refractivity contribution in [1.29, 1.82) is 0 Å². The Hall–Kier alpha value is -2.19. The highest BCUT2D eigenvalue weighted by Crippen LogP contribution is 2.14. The second kappa shape index (κ2) is 7.89. The summed E-state index contributed by atoms with van der Waals surface area (Å²) in [5, 5.41) is 12.9. The highest BCUT2D eigenvalue weighted by atomic mass is 32.2. The molecule has 2 rings (SSSR count). The Morgan fingerprint density at radius 1 is 1.30 bits per heavy atom. The fourth-order valence-electron chi connectivity index (χ4n) is 1.71. The Balaban J connectivity index is 2.41. The monoisotopic (exact) mass is 340 g/mol. The zero-order valence-corrected chi connectivity index (χ0v) is 13.0. The molecule has 2 aromatic rings. The summed E-state index contributed by atoms with van der Waals surface area (Å²) in [6.45, 7) is -0.170. The van der Waals surface area contributed by atoms with Crippen molar-refractivity contribution >= 4 is 16.5 Å². The van der Waals surface area contributed by atoms with Crippen LogP contribution in [-0.4, -0.2) is 32.2 Å². The third-order valence-corrected chi connectivity index (χ3v) is 3.25. The molecule has 23 heavy (non-hydrogen) atoms. The second-order valence-electron chi connectivity index (χ2n) is 4.60. The summed E-state index contributed by atoms with van der Waals surface area (Å²) in [4.78, 5) is 9.09. The molecule has 0 aliphatic rings. The number of oxime groups is 1. The van der Waals surface area contributed by atoms with Crippen LogP contribution in [0.5, 0.6) is 0 Å². The Morgan fingerprint density at radius 3 is 2.65 bits per heavy atom. The van der Waals surface area contributed by atoms with Crippen LogP contribution in [0.15, 0.2) is 41.7 Å². The topological polar surface area (TPSA) is 71.8 Å². The van der Waals surface area contributed by atoms with Gasteiger partial charge in [0.2, 0.25) is 0 Å². The number of aliphatic hydroxyl groups is 1. The predicted molar refractivity (Wildman–Crippen MR) is 82.2 cm³/mol. The lowest BCUT2D eigenvalue weighted by Gasteiger charge is -2.07. The molecule has 0 aliphatic heterocycles. The van der Waals surface area contributed by atoms with Crippen molar-refractivity contribution in [2.24, 2.45) is 5.16 Å². The number of hydrogen-bond donors (Lipinski definition) is 1. The van der Waals surface area contributed by atoms with Crippen LogP contribution in [0.2, 0.25) is 0 Å². The molecule has 0 saturated carbocycles. The molecule has 0 bridgehead atoms. The van der Waals surface area contributed by atoms with Crippen molar-refractivity contribution in [1.82, 2.24) is 4.98 Å². The zero-order chi connectivity index (χ0) is 16.8. The Bertz CT molecular complexity index is 736. The molecular formula is C15H14F2N2O3S. The van der Waals surface area contributed by atoms with Gasteiger partial charge in [-0.05, 0) is 29.8 Å². The quantitative estimate of drug-likeness (QED) is 0.644. The number of benzene rings is 1. The summed E-state index contributed by atoms with van der Waals surface area (Å²) >= 11 is 0. The van der Waals surface area contributed by atoms with E-state index in [9.17, 15) is 13.0 Å². The molecule has 5 nitrogen and oxygen atoms in total. The van der Waals surface area contributed by atoms with E-state index in [1.807, 2.05) is 0 Å². The average Bonchev–Trinajstić information content (AvgIpc) is 2.54. The summed E-state index contributed by atoms with van der Waals surface area (Å²) in [6, 6.07) is 6.47. The van der Waals surface area contributed by atoms with Crippen molar-refractivity contribution in [3.05, 3.63) is 65.0 Å². The molecule has 0 saturated heterocycles. The SMILES string of the molecule is CS(=O)CO/N=C(\c1ccc(F)c(F)c1)c1ccc(CO)cn1. The molecule has 0 fully saturated rings. The van der Waals surface area contributed by atoms with Gasteiger partial charge < -0.3 is 9.94 Å². The molecule has 1 N–H and O–H groups in total. The van der Waals surface area contributed by atoms with Crippen LogP contribution >= 0.6 is 0 Å². The van der Waals surface area contributed by atoms with Crippen LogP contribution in [0.25, 0.3) is 0 Å². The average molecular weight is 340 g/mol. The maximum atomic E-state index is 13.5. The van der Waals surface area contributed by atoms with E-state index in [1.54, 1.807) is 12.1 Å². The number of pyridine rings is 1. The Labute approximate surface area is 134 Å². The van der Waals surface area contributed by atoms with Gasteiger partial charge in [0.25, 0.3) is 0 Å². The fraction of sp³-hybridized carbons (Fsp3) is 0.200. The molecular weight excluding hydrogens is 326 g/mol. The molecule has 0 radical (unpaired) electrons. The summed E-state index contributed by atoms with van der Waals surface area (Å²) in [7, 11) is -1.22. The van der Waals surface area contributed by atoms with E-state index in [1.165, 1.54) is 18.5 Å². The number of nitrogens with zero attached hydrogens (tertiary/aromatic N) is 2. The van der Waals surface area contributed by atoms with Gasteiger partial charge in [-0.25, -0.2) is 8.78 Å². The van der Waals surface area contributed by atoms with Crippen molar-refractivity contribution in [2.45, 2.75) is 6.61 Å². The van der Waals surface area contributed by atoms with Crippen LogP contribution in [0, 0.1) is 11.6 Å². The maximum absolute atomic E-state index is 13.5. The zero-order valence-electron chi connectivity index (χ0n) is 12.2. The van der Waals surface area contributed by atoms with Crippen molar-refractivity contribution < 1.29 is 22.9 Å². The largest absolute Gasteiger partial charge is 0.392 e. The summed E-state index contributed by atoms with van der Waals surface area (Å²) in [5.41, 5.74) is 1.36. The first-order chi connectivity index (χ1) is 11.0. The molecule has 8 heteroatoms. The molecule has 0 spiro atoms. The Morgan fingerprint density at radius 2 is 2.09 bits per heavy atom. The van der Waals surface area contributed by atoms with E-state index in [-0.39, 0.29) is 23.8 Å². The van der Waals surface area contributed by atoms with E-state index in [4.69, 9.17) is 9.94 Å². The molecule has 1 unspecified atom stereocenters. The summed E-state index contributed by atoms with van der Waals surface area (Å²) in [6.07, 6.45) is 2.88.